The number of carbonyl (C=O) groups excluding carboxylic acids is 2. The Balaban J connectivity index is 1.92. The third kappa shape index (κ3) is 2.72. The van der Waals surface area contributed by atoms with Crippen LogP contribution in [-0.4, -0.2) is 18.2 Å². The van der Waals surface area contributed by atoms with Crippen LogP contribution in [0.5, 0.6) is 0 Å². The number of allylic oxidation sites excluding steroid dienone is 1. The molecule has 1 N–H and O–H groups in total. The van der Waals surface area contributed by atoms with Crippen LogP contribution < -0.4 is 10.2 Å². The number of halogens is 1. The highest BCUT2D eigenvalue weighted by molar-refractivity contribution is 9.10. The summed E-state index contributed by atoms with van der Waals surface area (Å²) in [5.74, 6) is -0.0277. The van der Waals surface area contributed by atoms with Crippen LogP contribution in [0.15, 0.2) is 64.8 Å². The molecule has 5 rings (SSSR count). The van der Waals surface area contributed by atoms with E-state index in [1.54, 1.807) is 11.0 Å². The fourth-order valence-corrected chi connectivity index (χ4v) is 5.88. The number of fused-ring (bicyclic) bond motifs is 5. The first-order valence-electron chi connectivity index (χ1n) is 10.6. The molecular formula is C26H25BrN2O2. The SMILES string of the molecule is C=CCN1C(=O)C2(C3=C(CC(C)(C)CC3=O)Nc3ccc(C)cc32)c2cc(Br)ccc21. The second-order valence-electron chi connectivity index (χ2n) is 9.58. The summed E-state index contributed by atoms with van der Waals surface area (Å²) in [4.78, 5) is 29.8. The molecule has 0 bridgehead atoms. The minimum Gasteiger partial charge on any atom is -0.358 e. The second kappa shape index (κ2) is 6.67. The summed E-state index contributed by atoms with van der Waals surface area (Å²) in [5.41, 5.74) is 4.70. The molecule has 0 radical (unpaired) electrons. The van der Waals surface area contributed by atoms with Crippen molar-refractivity contribution in [2.75, 3.05) is 16.8 Å². The first kappa shape index (κ1) is 20.3. The number of hydrogen-bond acceptors (Lipinski definition) is 3. The number of Topliss-reactive ketones (excluding diaryl/α,β-unsaturated/α-hetero) is 1. The molecule has 0 saturated heterocycles. The maximum Gasteiger partial charge on any atom is 0.247 e. The number of carbonyl (C=O) groups is 2. The molecule has 1 unspecified atom stereocenters. The lowest BCUT2D eigenvalue weighted by Crippen LogP contribution is -2.50. The molecule has 2 heterocycles. The van der Waals surface area contributed by atoms with Crippen molar-refractivity contribution >= 4 is 39.0 Å². The lowest BCUT2D eigenvalue weighted by atomic mass is 9.60. The molecular weight excluding hydrogens is 452 g/mol. The van der Waals surface area contributed by atoms with Crippen LogP contribution in [0.1, 0.15) is 43.4 Å². The maximum atomic E-state index is 14.3. The van der Waals surface area contributed by atoms with Gasteiger partial charge in [0, 0.05) is 51.2 Å². The Kier molecular flexibility index (Phi) is 4.36. The molecule has 4 nitrogen and oxygen atoms in total. The zero-order chi connectivity index (χ0) is 22.1. The Morgan fingerprint density at radius 1 is 1.13 bits per heavy atom. The molecule has 2 aromatic carbocycles. The highest BCUT2D eigenvalue weighted by atomic mass is 79.9. The number of rotatable bonds is 2. The number of anilines is 2. The van der Waals surface area contributed by atoms with Gasteiger partial charge in [-0.1, -0.05) is 53.5 Å². The fourth-order valence-electron chi connectivity index (χ4n) is 5.52. The monoisotopic (exact) mass is 476 g/mol. The smallest absolute Gasteiger partial charge is 0.247 e. The predicted octanol–water partition coefficient (Wildman–Crippen LogP) is 5.64. The molecule has 5 heteroatoms. The average Bonchev–Trinajstić information content (AvgIpc) is 2.91. The standard InChI is InChI=1S/C26H25BrN2O2/c1-5-10-29-21-9-7-16(27)12-18(21)26(24(29)31)17-11-15(2)6-8-19(17)28-20-13-25(3,4)14-22(30)23(20)26/h5-9,11-12,28H,1,10,13-14H2,2-4H3. The Morgan fingerprint density at radius 3 is 2.65 bits per heavy atom. The molecule has 0 aromatic heterocycles. The van der Waals surface area contributed by atoms with E-state index in [1.807, 2.05) is 37.3 Å². The Morgan fingerprint density at radius 2 is 1.90 bits per heavy atom. The van der Waals surface area contributed by atoms with E-state index >= 15 is 0 Å². The van der Waals surface area contributed by atoms with E-state index in [2.05, 4.69) is 47.7 Å². The number of aryl methyl sites for hydroxylation is 1. The summed E-state index contributed by atoms with van der Waals surface area (Å²) in [6.07, 6.45) is 2.89. The van der Waals surface area contributed by atoms with E-state index in [4.69, 9.17) is 0 Å². The Labute approximate surface area is 191 Å². The predicted molar refractivity (Wildman–Crippen MR) is 127 cm³/mol. The van der Waals surface area contributed by atoms with E-state index in [0.29, 0.717) is 18.5 Å². The van der Waals surface area contributed by atoms with Gasteiger partial charge in [0.25, 0.3) is 0 Å². The minimum atomic E-state index is -1.14. The normalized spacial score (nSPS) is 23.4. The summed E-state index contributed by atoms with van der Waals surface area (Å²) in [7, 11) is 0. The number of hydrogen-bond donors (Lipinski definition) is 1. The van der Waals surface area contributed by atoms with Crippen molar-refractivity contribution in [3.05, 3.63) is 81.5 Å². The first-order valence-corrected chi connectivity index (χ1v) is 11.4. The number of nitrogens with one attached hydrogen (secondary N) is 1. The number of ketones is 1. The zero-order valence-corrected chi connectivity index (χ0v) is 19.6. The highest BCUT2D eigenvalue weighted by Gasteiger charge is 2.60. The van der Waals surface area contributed by atoms with Gasteiger partial charge in [-0.25, -0.2) is 0 Å². The van der Waals surface area contributed by atoms with Crippen molar-refractivity contribution in [3.8, 4) is 0 Å². The van der Waals surface area contributed by atoms with Gasteiger partial charge < -0.3 is 10.2 Å². The lowest BCUT2D eigenvalue weighted by molar-refractivity contribution is -0.124. The summed E-state index contributed by atoms with van der Waals surface area (Å²) in [6.45, 7) is 10.5. The van der Waals surface area contributed by atoms with Gasteiger partial charge in [-0.05, 0) is 43.0 Å². The molecule has 1 amide bonds. The van der Waals surface area contributed by atoms with E-state index in [0.717, 1.165) is 44.7 Å². The molecule has 1 spiro atoms. The first-order chi connectivity index (χ1) is 14.7. The zero-order valence-electron chi connectivity index (χ0n) is 18.0. The van der Waals surface area contributed by atoms with Gasteiger partial charge in [-0.15, -0.1) is 6.58 Å². The number of benzene rings is 2. The quantitative estimate of drug-likeness (QED) is 0.570. The van der Waals surface area contributed by atoms with Crippen LogP contribution in [0, 0.1) is 12.3 Å². The lowest BCUT2D eigenvalue weighted by Gasteiger charge is -2.44. The molecule has 2 aromatic rings. The van der Waals surface area contributed by atoms with E-state index in [1.165, 1.54) is 0 Å². The van der Waals surface area contributed by atoms with Crippen LogP contribution in [0.2, 0.25) is 0 Å². The number of nitrogens with zero attached hydrogens (tertiary/aromatic N) is 1. The number of amides is 1. The van der Waals surface area contributed by atoms with Crippen molar-refractivity contribution in [1.29, 1.82) is 0 Å². The van der Waals surface area contributed by atoms with Gasteiger partial charge in [0.15, 0.2) is 5.78 Å². The molecule has 158 valence electrons. The molecule has 1 atom stereocenters. The van der Waals surface area contributed by atoms with Crippen LogP contribution in [-0.2, 0) is 15.0 Å². The molecule has 31 heavy (non-hydrogen) atoms. The minimum absolute atomic E-state index is 0.0469. The maximum absolute atomic E-state index is 14.3. The van der Waals surface area contributed by atoms with Crippen molar-refractivity contribution in [2.24, 2.45) is 5.41 Å². The van der Waals surface area contributed by atoms with Gasteiger partial charge >= 0.3 is 0 Å². The summed E-state index contributed by atoms with van der Waals surface area (Å²) >= 11 is 3.60. The molecule has 1 aliphatic carbocycles. The van der Waals surface area contributed by atoms with Crippen LogP contribution in [0.3, 0.4) is 0 Å². The van der Waals surface area contributed by atoms with Crippen LogP contribution in [0.25, 0.3) is 0 Å². The topological polar surface area (TPSA) is 49.4 Å². The molecule has 3 aliphatic rings. The van der Waals surface area contributed by atoms with Crippen molar-refractivity contribution in [2.45, 2.75) is 39.0 Å². The fraction of sp³-hybridized carbons (Fsp3) is 0.308. The van der Waals surface area contributed by atoms with Gasteiger partial charge in [-0.3, -0.25) is 9.59 Å². The second-order valence-corrected chi connectivity index (χ2v) is 10.5. The van der Waals surface area contributed by atoms with E-state index < -0.39 is 5.41 Å². The Hall–Kier alpha value is -2.66. The van der Waals surface area contributed by atoms with Gasteiger partial charge in [0.2, 0.25) is 5.91 Å². The van der Waals surface area contributed by atoms with Crippen molar-refractivity contribution in [3.63, 3.8) is 0 Å². The summed E-state index contributed by atoms with van der Waals surface area (Å²) in [5, 5.41) is 3.53. The highest BCUT2D eigenvalue weighted by Crippen LogP contribution is 2.58. The largest absolute Gasteiger partial charge is 0.358 e. The van der Waals surface area contributed by atoms with Gasteiger partial charge in [0.1, 0.15) is 5.41 Å². The Bertz CT molecular complexity index is 1210. The average molecular weight is 477 g/mol. The molecule has 0 saturated carbocycles. The van der Waals surface area contributed by atoms with E-state index in [-0.39, 0.29) is 17.1 Å². The third-order valence-electron chi connectivity index (χ3n) is 6.65. The van der Waals surface area contributed by atoms with Crippen LogP contribution >= 0.6 is 15.9 Å². The summed E-state index contributed by atoms with van der Waals surface area (Å²) in [6, 6.07) is 12.0. The van der Waals surface area contributed by atoms with Crippen molar-refractivity contribution in [1.82, 2.24) is 0 Å². The van der Waals surface area contributed by atoms with Crippen LogP contribution in [0.4, 0.5) is 11.4 Å². The van der Waals surface area contributed by atoms with E-state index in [9.17, 15) is 9.59 Å². The van der Waals surface area contributed by atoms with Gasteiger partial charge in [-0.2, -0.15) is 0 Å². The molecule has 0 fully saturated rings. The van der Waals surface area contributed by atoms with Crippen molar-refractivity contribution < 1.29 is 9.59 Å². The summed E-state index contributed by atoms with van der Waals surface area (Å²) < 4.78 is 0.886. The van der Waals surface area contributed by atoms with Gasteiger partial charge in [0.05, 0.1) is 0 Å². The third-order valence-corrected chi connectivity index (χ3v) is 7.14. The molecule has 2 aliphatic heterocycles.